The highest BCUT2D eigenvalue weighted by atomic mass is 16.5. The Morgan fingerprint density at radius 1 is 0.947 bits per heavy atom. The number of hydrogen-bond acceptors (Lipinski definition) is 3. The third-order valence-corrected chi connectivity index (χ3v) is 3.87. The molecular formula is C16H33NO2. The molecule has 1 aliphatic carbocycles. The third-order valence-electron chi connectivity index (χ3n) is 3.87. The fraction of sp³-hybridized carbons (Fsp3) is 1.00. The van der Waals surface area contributed by atoms with Gasteiger partial charge in [0.15, 0.2) is 0 Å². The molecule has 0 amide bonds. The van der Waals surface area contributed by atoms with Crippen LogP contribution in [0.5, 0.6) is 0 Å². The van der Waals surface area contributed by atoms with Crippen molar-refractivity contribution >= 4 is 0 Å². The minimum Gasteiger partial charge on any atom is -0.379 e. The first-order chi connectivity index (χ1) is 9.38. The van der Waals surface area contributed by atoms with Crippen LogP contribution in [-0.4, -0.2) is 38.5 Å². The van der Waals surface area contributed by atoms with E-state index in [1.165, 1.54) is 44.9 Å². The van der Waals surface area contributed by atoms with E-state index in [4.69, 9.17) is 9.47 Å². The molecule has 1 aliphatic rings. The van der Waals surface area contributed by atoms with Crippen LogP contribution in [0.15, 0.2) is 0 Å². The van der Waals surface area contributed by atoms with E-state index in [0.717, 1.165) is 32.8 Å². The molecule has 0 aromatic rings. The summed E-state index contributed by atoms with van der Waals surface area (Å²) >= 11 is 0. The van der Waals surface area contributed by atoms with E-state index in [1.54, 1.807) is 0 Å². The maximum absolute atomic E-state index is 6.08. The molecule has 1 saturated carbocycles. The van der Waals surface area contributed by atoms with E-state index in [2.05, 4.69) is 19.2 Å². The predicted octanol–water partition coefficient (Wildman–Crippen LogP) is 3.52. The first-order valence-electron chi connectivity index (χ1n) is 8.31. The molecule has 0 aromatic heterocycles. The zero-order chi connectivity index (χ0) is 13.8. The summed E-state index contributed by atoms with van der Waals surface area (Å²) in [5.41, 5.74) is 0. The van der Waals surface area contributed by atoms with Gasteiger partial charge in [-0.25, -0.2) is 0 Å². The van der Waals surface area contributed by atoms with Crippen LogP contribution >= 0.6 is 0 Å². The average Bonchev–Trinajstić information content (AvgIpc) is 2.40. The van der Waals surface area contributed by atoms with Gasteiger partial charge in [-0.1, -0.05) is 46.0 Å². The Morgan fingerprint density at radius 2 is 1.74 bits per heavy atom. The fourth-order valence-electron chi connectivity index (χ4n) is 2.75. The second-order valence-electron chi connectivity index (χ2n) is 5.53. The Morgan fingerprint density at radius 3 is 2.47 bits per heavy atom. The van der Waals surface area contributed by atoms with Gasteiger partial charge in [0.25, 0.3) is 0 Å². The summed E-state index contributed by atoms with van der Waals surface area (Å²) in [6, 6.07) is 0.543. The maximum Gasteiger partial charge on any atom is 0.0729 e. The molecule has 3 nitrogen and oxygen atoms in total. The van der Waals surface area contributed by atoms with E-state index >= 15 is 0 Å². The van der Waals surface area contributed by atoms with Gasteiger partial charge >= 0.3 is 0 Å². The van der Waals surface area contributed by atoms with Crippen LogP contribution in [0.1, 0.15) is 65.2 Å². The van der Waals surface area contributed by atoms with Crippen molar-refractivity contribution in [2.24, 2.45) is 0 Å². The molecular weight excluding hydrogens is 238 g/mol. The summed E-state index contributed by atoms with van der Waals surface area (Å²) in [4.78, 5) is 0. The van der Waals surface area contributed by atoms with Gasteiger partial charge in [-0.2, -0.15) is 0 Å². The molecule has 0 saturated heterocycles. The molecule has 0 heterocycles. The van der Waals surface area contributed by atoms with Crippen LogP contribution in [0, 0.1) is 0 Å². The monoisotopic (exact) mass is 271 g/mol. The zero-order valence-corrected chi connectivity index (χ0v) is 13.0. The predicted molar refractivity (Wildman–Crippen MR) is 80.6 cm³/mol. The lowest BCUT2D eigenvalue weighted by molar-refractivity contribution is -0.0199. The summed E-state index contributed by atoms with van der Waals surface area (Å²) < 4.78 is 11.6. The SMILES string of the molecule is CCCCOCCOC1CCCCCCC1NCC. The summed E-state index contributed by atoms with van der Waals surface area (Å²) in [5.74, 6) is 0. The van der Waals surface area contributed by atoms with Gasteiger partial charge in [0.1, 0.15) is 0 Å². The van der Waals surface area contributed by atoms with Gasteiger partial charge in [0.05, 0.1) is 19.3 Å². The highest BCUT2D eigenvalue weighted by molar-refractivity contribution is 4.79. The molecule has 1 rings (SSSR count). The Labute approximate surface area is 119 Å². The van der Waals surface area contributed by atoms with Crippen molar-refractivity contribution in [3.05, 3.63) is 0 Å². The molecule has 0 aliphatic heterocycles. The summed E-state index contributed by atoms with van der Waals surface area (Å²) in [6.45, 7) is 7.78. The number of likely N-dealkylation sites (N-methyl/N-ethyl adjacent to an activating group) is 1. The smallest absolute Gasteiger partial charge is 0.0729 e. The van der Waals surface area contributed by atoms with Gasteiger partial charge in [-0.3, -0.25) is 0 Å². The first kappa shape index (κ1) is 16.9. The molecule has 0 aromatic carbocycles. The molecule has 0 radical (unpaired) electrons. The van der Waals surface area contributed by atoms with Crippen LogP contribution in [0.3, 0.4) is 0 Å². The standard InChI is InChI=1S/C16H33NO2/c1-3-5-12-18-13-14-19-16-11-9-7-6-8-10-15(16)17-4-2/h15-17H,3-14H2,1-2H3. The van der Waals surface area contributed by atoms with E-state index in [9.17, 15) is 0 Å². The molecule has 2 unspecified atom stereocenters. The molecule has 2 atom stereocenters. The van der Waals surface area contributed by atoms with Crippen LogP contribution in [0.2, 0.25) is 0 Å². The second kappa shape index (κ2) is 11.7. The maximum atomic E-state index is 6.08. The third kappa shape index (κ3) is 7.91. The average molecular weight is 271 g/mol. The molecule has 1 N–H and O–H groups in total. The Bertz CT molecular complexity index is 199. The van der Waals surface area contributed by atoms with Crippen molar-refractivity contribution in [2.75, 3.05) is 26.4 Å². The lowest BCUT2D eigenvalue weighted by atomic mass is 9.94. The van der Waals surface area contributed by atoms with Crippen LogP contribution in [-0.2, 0) is 9.47 Å². The van der Waals surface area contributed by atoms with E-state index in [-0.39, 0.29) is 0 Å². The molecule has 3 heteroatoms. The van der Waals surface area contributed by atoms with Crippen molar-refractivity contribution in [1.29, 1.82) is 0 Å². The Kier molecular flexibility index (Phi) is 10.4. The van der Waals surface area contributed by atoms with Gasteiger partial charge in [0.2, 0.25) is 0 Å². The minimum atomic E-state index is 0.384. The van der Waals surface area contributed by atoms with Crippen molar-refractivity contribution in [3.63, 3.8) is 0 Å². The Balaban J connectivity index is 2.20. The number of nitrogens with one attached hydrogen (secondary N) is 1. The summed E-state index contributed by atoms with van der Waals surface area (Å²) in [7, 11) is 0. The van der Waals surface area contributed by atoms with E-state index in [1.807, 2.05) is 0 Å². The summed E-state index contributed by atoms with van der Waals surface area (Å²) in [5, 5.41) is 3.60. The van der Waals surface area contributed by atoms with Crippen LogP contribution in [0.4, 0.5) is 0 Å². The number of unbranched alkanes of at least 4 members (excludes halogenated alkanes) is 1. The lowest BCUT2D eigenvalue weighted by Gasteiger charge is -2.30. The molecule has 0 spiro atoms. The quantitative estimate of drug-likeness (QED) is 0.651. The molecule has 0 bridgehead atoms. The van der Waals surface area contributed by atoms with Crippen molar-refractivity contribution < 1.29 is 9.47 Å². The van der Waals surface area contributed by atoms with Gasteiger partial charge < -0.3 is 14.8 Å². The van der Waals surface area contributed by atoms with Crippen molar-refractivity contribution in [3.8, 4) is 0 Å². The van der Waals surface area contributed by atoms with Gasteiger partial charge in [-0.15, -0.1) is 0 Å². The fourth-order valence-corrected chi connectivity index (χ4v) is 2.75. The topological polar surface area (TPSA) is 30.5 Å². The highest BCUT2D eigenvalue weighted by Gasteiger charge is 2.22. The molecule has 19 heavy (non-hydrogen) atoms. The highest BCUT2D eigenvalue weighted by Crippen LogP contribution is 2.20. The number of rotatable bonds is 9. The molecule has 114 valence electrons. The molecule has 1 fully saturated rings. The second-order valence-corrected chi connectivity index (χ2v) is 5.53. The van der Waals surface area contributed by atoms with Crippen molar-refractivity contribution in [2.45, 2.75) is 77.4 Å². The number of hydrogen-bond donors (Lipinski definition) is 1. The minimum absolute atomic E-state index is 0.384. The summed E-state index contributed by atoms with van der Waals surface area (Å²) in [6.07, 6.45) is 10.6. The van der Waals surface area contributed by atoms with Crippen molar-refractivity contribution in [1.82, 2.24) is 5.32 Å². The Hall–Kier alpha value is -0.120. The lowest BCUT2D eigenvalue weighted by Crippen LogP contribution is -2.42. The van der Waals surface area contributed by atoms with Crippen LogP contribution in [0.25, 0.3) is 0 Å². The van der Waals surface area contributed by atoms with Crippen LogP contribution < -0.4 is 5.32 Å². The largest absolute Gasteiger partial charge is 0.379 e. The van der Waals surface area contributed by atoms with Gasteiger partial charge in [0, 0.05) is 12.6 Å². The van der Waals surface area contributed by atoms with Gasteiger partial charge in [-0.05, 0) is 25.8 Å². The van der Waals surface area contributed by atoms with E-state index < -0.39 is 0 Å². The first-order valence-corrected chi connectivity index (χ1v) is 8.31. The zero-order valence-electron chi connectivity index (χ0n) is 13.0. The number of ether oxygens (including phenoxy) is 2. The van der Waals surface area contributed by atoms with E-state index in [0.29, 0.717) is 12.1 Å². The normalized spacial score (nSPS) is 24.9.